The van der Waals surface area contributed by atoms with Gasteiger partial charge in [-0.2, -0.15) is 0 Å². The number of carbonyl (C=O) groups excluding carboxylic acids is 1. The molecule has 3 heterocycles. The van der Waals surface area contributed by atoms with E-state index in [9.17, 15) is 43.1 Å². The van der Waals surface area contributed by atoms with Crippen molar-refractivity contribution in [1.82, 2.24) is 25.1 Å². The number of imidazole rings is 1. The third-order valence-electron chi connectivity index (χ3n) is 7.38. The molecule has 4 unspecified atom stereocenters. The van der Waals surface area contributed by atoms with Gasteiger partial charge in [-0.25, -0.2) is 22.8 Å². The Hall–Kier alpha value is -3.53. The summed E-state index contributed by atoms with van der Waals surface area (Å²) >= 11 is 5.98. The Morgan fingerprint density at radius 2 is 2.17 bits per heavy atom. The lowest BCUT2D eigenvalue weighted by Crippen LogP contribution is -2.74. The van der Waals surface area contributed by atoms with Crippen LogP contribution in [0.5, 0.6) is 0 Å². The van der Waals surface area contributed by atoms with Gasteiger partial charge in [-0.05, 0) is 41.0 Å². The molecule has 0 bridgehead atoms. The number of hydrogen-bond donors (Lipinski definition) is 4. The molecule has 4 rings (SSSR count). The van der Waals surface area contributed by atoms with Crippen LogP contribution in [-0.2, 0) is 16.1 Å². The van der Waals surface area contributed by atoms with Crippen molar-refractivity contribution in [3.8, 4) is 0 Å². The number of benzene rings is 1. The maximum absolute atomic E-state index is 14.9. The molecule has 41 heavy (non-hydrogen) atoms. The number of aliphatic carboxylic acids is 1. The first-order valence-electron chi connectivity index (χ1n) is 12.5. The van der Waals surface area contributed by atoms with Crippen molar-refractivity contribution in [3.63, 3.8) is 0 Å². The van der Waals surface area contributed by atoms with Gasteiger partial charge in [-0.1, -0.05) is 0 Å². The first-order chi connectivity index (χ1) is 19.5. The molecular formula is C24H27ClF3N7O6. The zero-order chi connectivity index (χ0) is 30.1. The van der Waals surface area contributed by atoms with Gasteiger partial charge in [0.15, 0.2) is 5.54 Å². The number of aromatic nitrogens is 2. The minimum absolute atomic E-state index is 0.000939. The number of aliphatic hydroxyl groups excluding tert-OH is 1. The maximum atomic E-state index is 14.9. The second-order valence-corrected chi connectivity index (χ2v) is 10.0. The van der Waals surface area contributed by atoms with Crippen LogP contribution in [0.2, 0.25) is 5.28 Å². The highest BCUT2D eigenvalue weighted by atomic mass is 35.5. The van der Waals surface area contributed by atoms with E-state index in [0.717, 1.165) is 21.7 Å². The summed E-state index contributed by atoms with van der Waals surface area (Å²) in [6.07, 6.45) is -1.03. The smallest absolute Gasteiger partial charge is 0.383 e. The van der Waals surface area contributed by atoms with Crippen LogP contribution in [0.25, 0.3) is 5.57 Å². The summed E-state index contributed by atoms with van der Waals surface area (Å²) in [6.45, 7) is -2.04. The molecule has 0 saturated carbocycles. The average molecular weight is 602 g/mol. The second kappa shape index (κ2) is 12.1. The zero-order valence-corrected chi connectivity index (χ0v) is 22.4. The molecule has 0 aliphatic carbocycles. The van der Waals surface area contributed by atoms with Crippen LogP contribution in [0.4, 0.5) is 24.7 Å². The standard InChI is InChI=1S/C24H27ClF3N7O6/c1-29-21-18(8-14(37)9-33-10-19(35(40)41)31-23(33)25)34(5-3-30-21)24(22(38)39)12-32(4-2-26)20-15(16(24)11-36)6-13(27)7-17(20)28/h6-7,10,14,18,21,29-30,37H,2-5,8-9,12H2,1H3,(H,38,39). The summed E-state index contributed by atoms with van der Waals surface area (Å²) in [4.78, 5) is 42.0. The van der Waals surface area contributed by atoms with Crippen molar-refractivity contribution >= 4 is 40.6 Å². The number of rotatable bonds is 10. The minimum Gasteiger partial charge on any atom is -0.480 e. The molecule has 4 N–H and O–H groups in total. The Kier molecular flexibility index (Phi) is 9.01. The maximum Gasteiger partial charge on any atom is 0.383 e. The van der Waals surface area contributed by atoms with Crippen molar-refractivity contribution in [3.05, 3.63) is 50.9 Å². The van der Waals surface area contributed by atoms with Crippen molar-refractivity contribution in [2.45, 2.75) is 36.8 Å². The number of alkyl halides is 1. The molecule has 4 atom stereocenters. The first kappa shape index (κ1) is 30.4. The lowest BCUT2D eigenvalue weighted by atomic mass is 9.77. The van der Waals surface area contributed by atoms with E-state index in [2.05, 4.69) is 15.6 Å². The Morgan fingerprint density at radius 1 is 1.44 bits per heavy atom. The summed E-state index contributed by atoms with van der Waals surface area (Å²) in [7, 11) is 1.58. The molecule has 2 aliphatic rings. The number of nitrogens with zero attached hydrogens (tertiary/aromatic N) is 5. The van der Waals surface area contributed by atoms with E-state index in [4.69, 9.17) is 11.6 Å². The Balaban J connectivity index is 1.79. The number of piperazine rings is 1. The summed E-state index contributed by atoms with van der Waals surface area (Å²) < 4.78 is 44.1. The third-order valence-corrected chi connectivity index (χ3v) is 7.69. The predicted molar refractivity (Wildman–Crippen MR) is 140 cm³/mol. The molecule has 2 aliphatic heterocycles. The largest absolute Gasteiger partial charge is 0.480 e. The number of anilines is 1. The molecule has 2 aromatic rings. The van der Waals surface area contributed by atoms with E-state index in [1.165, 1.54) is 4.90 Å². The van der Waals surface area contributed by atoms with Gasteiger partial charge in [0.1, 0.15) is 30.4 Å². The molecule has 0 amide bonds. The van der Waals surface area contributed by atoms with Crippen LogP contribution < -0.4 is 15.5 Å². The van der Waals surface area contributed by atoms with E-state index in [0.29, 0.717) is 6.07 Å². The Labute approximate surface area is 236 Å². The number of nitro groups is 1. The highest BCUT2D eigenvalue weighted by Crippen LogP contribution is 2.45. The van der Waals surface area contributed by atoms with Gasteiger partial charge in [-0.15, -0.1) is 0 Å². The van der Waals surface area contributed by atoms with E-state index in [1.807, 2.05) is 0 Å². The first-order valence-corrected chi connectivity index (χ1v) is 12.9. The number of likely N-dealkylation sites (N-methyl/N-ethyl adjacent to an activating group) is 1. The van der Waals surface area contributed by atoms with Gasteiger partial charge in [0.05, 0.1) is 36.6 Å². The average Bonchev–Trinajstić information content (AvgIpc) is 3.28. The van der Waals surface area contributed by atoms with E-state index < -0.39 is 77.5 Å². The van der Waals surface area contributed by atoms with Crippen LogP contribution in [0.3, 0.4) is 0 Å². The fraction of sp³-hybridized carbons (Fsp3) is 0.500. The summed E-state index contributed by atoms with van der Waals surface area (Å²) in [5.74, 6) is -2.63. The number of nitrogens with one attached hydrogen (secondary N) is 2. The molecule has 0 radical (unpaired) electrons. The highest BCUT2D eigenvalue weighted by molar-refractivity contribution is 6.28. The van der Waals surface area contributed by atoms with Gasteiger partial charge in [0, 0.05) is 37.3 Å². The van der Waals surface area contributed by atoms with Crippen LogP contribution in [0, 0.1) is 21.7 Å². The monoisotopic (exact) mass is 601 g/mol. The van der Waals surface area contributed by atoms with Crippen LogP contribution in [0.15, 0.2) is 18.3 Å². The molecule has 13 nitrogen and oxygen atoms in total. The van der Waals surface area contributed by atoms with Gasteiger partial charge < -0.3 is 30.5 Å². The van der Waals surface area contributed by atoms with Gasteiger partial charge in [-0.3, -0.25) is 14.8 Å². The normalized spacial score (nSPS) is 23.7. The minimum atomic E-state index is -2.25. The number of carboxylic acid groups (broad SMARTS) is 1. The summed E-state index contributed by atoms with van der Waals surface area (Å²) in [6, 6.07) is 0.496. The summed E-state index contributed by atoms with van der Waals surface area (Å²) in [5.41, 5.74) is -3.47. The quantitative estimate of drug-likeness (QED) is 0.173. The number of fused-ring (bicyclic) bond motifs is 1. The second-order valence-electron chi connectivity index (χ2n) is 9.69. The van der Waals surface area contributed by atoms with E-state index in [1.54, 1.807) is 13.0 Å². The SMILES string of the molecule is CNC1NCCN(C2(C(=O)O)CN(CCF)c3c(F)cc(F)cc3C2=C=O)C1CC(O)Cn1cc([N+](=O)[O-])nc1Cl. The third kappa shape index (κ3) is 5.54. The van der Waals surface area contributed by atoms with E-state index >= 15 is 0 Å². The number of carbonyl (C=O) groups is 1. The van der Waals surface area contributed by atoms with Crippen molar-refractivity contribution in [1.29, 1.82) is 0 Å². The summed E-state index contributed by atoms with van der Waals surface area (Å²) in [5, 5.41) is 38.7. The lowest BCUT2D eigenvalue weighted by molar-refractivity contribution is -0.389. The molecule has 1 aromatic heterocycles. The number of aliphatic hydroxyl groups is 1. The molecule has 1 fully saturated rings. The fourth-order valence-electron chi connectivity index (χ4n) is 5.73. The Bertz CT molecular complexity index is 1390. The predicted octanol–water partition coefficient (Wildman–Crippen LogP) is 0.821. The molecule has 222 valence electrons. The van der Waals surface area contributed by atoms with Crippen LogP contribution in [-0.4, -0.2) is 105 Å². The molecule has 1 aromatic carbocycles. The van der Waals surface area contributed by atoms with Crippen molar-refractivity contribution in [2.75, 3.05) is 44.8 Å². The van der Waals surface area contributed by atoms with Crippen molar-refractivity contribution < 1.29 is 37.9 Å². The molecule has 0 spiro atoms. The highest BCUT2D eigenvalue weighted by Gasteiger charge is 2.57. The van der Waals surface area contributed by atoms with Gasteiger partial charge in [0.25, 0.3) is 0 Å². The van der Waals surface area contributed by atoms with Gasteiger partial charge >= 0.3 is 17.1 Å². The van der Waals surface area contributed by atoms with Crippen molar-refractivity contribution in [2.24, 2.45) is 0 Å². The number of carboxylic acids is 1. The van der Waals surface area contributed by atoms with Gasteiger partial charge in [0.2, 0.25) is 0 Å². The fourth-order valence-corrected chi connectivity index (χ4v) is 5.93. The van der Waals surface area contributed by atoms with Crippen LogP contribution in [0.1, 0.15) is 12.0 Å². The lowest BCUT2D eigenvalue weighted by Gasteiger charge is -2.54. The number of halogens is 4. The number of hydrogen-bond acceptors (Lipinski definition) is 10. The zero-order valence-electron chi connectivity index (χ0n) is 21.7. The molecule has 17 heteroatoms. The van der Waals surface area contributed by atoms with Crippen LogP contribution >= 0.6 is 11.6 Å². The topological polar surface area (TPSA) is 166 Å². The van der Waals surface area contributed by atoms with E-state index in [-0.39, 0.29) is 42.6 Å². The Morgan fingerprint density at radius 3 is 2.76 bits per heavy atom. The molecular weight excluding hydrogens is 575 g/mol. The molecule has 1 saturated heterocycles.